The minimum atomic E-state index is -0.979. The van der Waals surface area contributed by atoms with Crippen molar-refractivity contribution in [3.05, 3.63) is 103 Å². The average Bonchev–Trinajstić information content (AvgIpc) is 3.11. The van der Waals surface area contributed by atoms with Crippen LogP contribution in [0.1, 0.15) is 32.6 Å². The third-order valence-corrected chi connectivity index (χ3v) is 6.94. The van der Waals surface area contributed by atoms with E-state index in [1.54, 1.807) is 54.6 Å². The van der Waals surface area contributed by atoms with Gasteiger partial charge >= 0.3 is 5.97 Å². The van der Waals surface area contributed by atoms with Crippen LogP contribution in [-0.4, -0.2) is 27.1 Å². The number of imide groups is 1. The molecule has 0 atom stereocenters. The molecule has 7 nitrogen and oxygen atoms in total. The smallest absolute Gasteiger partial charge is 0.335 e. The summed E-state index contributed by atoms with van der Waals surface area (Å²) in [5, 5.41) is 17.9. The number of halogens is 1. The van der Waals surface area contributed by atoms with Gasteiger partial charge in [-0.25, -0.2) is 4.79 Å². The molecule has 1 N–H and O–H groups in total. The number of carbonyl (C=O) groups excluding carboxylic acids is 2. The number of thioether (sulfide) groups is 1. The highest BCUT2D eigenvalue weighted by atomic mass is 127. The Morgan fingerprint density at radius 3 is 2.54 bits per heavy atom. The van der Waals surface area contributed by atoms with E-state index in [0.29, 0.717) is 21.8 Å². The summed E-state index contributed by atoms with van der Waals surface area (Å²) in [6, 6.07) is 20.9. The zero-order valence-corrected chi connectivity index (χ0v) is 21.1. The molecule has 35 heavy (non-hydrogen) atoms. The molecular formula is C26H17IN2O5S. The van der Waals surface area contributed by atoms with Crippen molar-refractivity contribution in [2.75, 3.05) is 0 Å². The first-order valence-corrected chi connectivity index (χ1v) is 12.2. The van der Waals surface area contributed by atoms with Crippen LogP contribution in [0, 0.1) is 14.9 Å². The van der Waals surface area contributed by atoms with E-state index < -0.39 is 11.9 Å². The van der Waals surface area contributed by atoms with E-state index in [0.717, 1.165) is 31.4 Å². The molecule has 1 aliphatic heterocycles. The Labute approximate surface area is 219 Å². The van der Waals surface area contributed by atoms with Crippen LogP contribution in [0.15, 0.2) is 71.6 Å². The summed E-state index contributed by atoms with van der Waals surface area (Å²) in [5.41, 5.74) is 2.84. The maximum Gasteiger partial charge on any atom is 0.335 e. The summed E-state index contributed by atoms with van der Waals surface area (Å²) in [4.78, 5) is 37.8. The lowest BCUT2D eigenvalue weighted by molar-refractivity contribution is -0.123. The summed E-state index contributed by atoms with van der Waals surface area (Å²) in [7, 11) is 0. The molecule has 9 heteroatoms. The molecule has 2 amide bonds. The Bertz CT molecular complexity index is 1400. The molecule has 0 radical (unpaired) electrons. The van der Waals surface area contributed by atoms with E-state index in [2.05, 4.69) is 28.7 Å². The van der Waals surface area contributed by atoms with E-state index >= 15 is 0 Å². The summed E-state index contributed by atoms with van der Waals surface area (Å²) < 4.78 is 6.68. The van der Waals surface area contributed by atoms with E-state index in [1.165, 1.54) is 12.1 Å². The molecule has 0 aliphatic carbocycles. The molecular weight excluding hydrogens is 579 g/mol. The SMILES string of the molecule is N#Cc1ccccc1CN1C(=O)S/C(=C/c2ccc(OCc3ccc(C(=O)O)cc3)c(I)c2)C1=O. The van der Waals surface area contributed by atoms with Gasteiger partial charge in [-0.2, -0.15) is 5.26 Å². The summed E-state index contributed by atoms with van der Waals surface area (Å²) >= 11 is 3.00. The highest BCUT2D eigenvalue weighted by molar-refractivity contribution is 14.1. The zero-order valence-electron chi connectivity index (χ0n) is 18.1. The van der Waals surface area contributed by atoms with Crippen molar-refractivity contribution >= 4 is 57.5 Å². The van der Waals surface area contributed by atoms with Crippen molar-refractivity contribution in [1.29, 1.82) is 5.26 Å². The largest absolute Gasteiger partial charge is 0.488 e. The number of amides is 2. The predicted molar refractivity (Wildman–Crippen MR) is 140 cm³/mol. The Balaban J connectivity index is 1.44. The van der Waals surface area contributed by atoms with Gasteiger partial charge in [0, 0.05) is 0 Å². The fourth-order valence-corrected chi connectivity index (χ4v) is 4.89. The number of carbonyl (C=O) groups is 3. The molecule has 4 rings (SSSR count). The van der Waals surface area contributed by atoms with Crippen molar-refractivity contribution < 1.29 is 24.2 Å². The van der Waals surface area contributed by atoms with Crippen molar-refractivity contribution in [1.82, 2.24) is 4.90 Å². The minimum Gasteiger partial charge on any atom is -0.488 e. The lowest BCUT2D eigenvalue weighted by atomic mass is 10.1. The summed E-state index contributed by atoms with van der Waals surface area (Å²) in [6.45, 7) is 0.321. The number of nitrogens with zero attached hydrogens (tertiary/aromatic N) is 2. The summed E-state index contributed by atoms with van der Waals surface area (Å²) in [6.07, 6.45) is 1.66. The Morgan fingerprint density at radius 2 is 1.86 bits per heavy atom. The number of nitriles is 1. The van der Waals surface area contributed by atoms with Gasteiger partial charge in [-0.1, -0.05) is 36.4 Å². The van der Waals surface area contributed by atoms with Gasteiger partial charge in [-0.05, 0) is 87.5 Å². The second-order valence-corrected chi connectivity index (χ2v) is 9.67. The van der Waals surface area contributed by atoms with Crippen LogP contribution in [-0.2, 0) is 17.9 Å². The highest BCUT2D eigenvalue weighted by Crippen LogP contribution is 2.34. The van der Waals surface area contributed by atoms with Crippen LogP contribution in [0.4, 0.5) is 4.79 Å². The number of benzene rings is 3. The van der Waals surface area contributed by atoms with Gasteiger partial charge in [0.1, 0.15) is 12.4 Å². The third-order valence-electron chi connectivity index (χ3n) is 5.19. The van der Waals surface area contributed by atoms with Gasteiger partial charge in [0.2, 0.25) is 0 Å². The molecule has 0 spiro atoms. The van der Waals surface area contributed by atoms with Gasteiger partial charge < -0.3 is 9.84 Å². The number of rotatable bonds is 7. The van der Waals surface area contributed by atoms with E-state index in [-0.39, 0.29) is 24.0 Å². The quantitative estimate of drug-likeness (QED) is 0.277. The van der Waals surface area contributed by atoms with Crippen molar-refractivity contribution in [2.45, 2.75) is 13.2 Å². The Hall–Kier alpha value is -3.62. The Kier molecular flexibility index (Phi) is 7.53. The van der Waals surface area contributed by atoms with Crippen molar-refractivity contribution in [2.24, 2.45) is 0 Å². The number of carboxylic acid groups (broad SMARTS) is 1. The number of carboxylic acids is 1. The number of ether oxygens (including phenoxy) is 1. The second-order valence-electron chi connectivity index (χ2n) is 7.52. The molecule has 1 aliphatic rings. The minimum absolute atomic E-state index is 0.0451. The van der Waals surface area contributed by atoms with Crippen LogP contribution >= 0.6 is 34.4 Å². The summed E-state index contributed by atoms with van der Waals surface area (Å²) in [5.74, 6) is -0.730. The molecule has 0 bridgehead atoms. The molecule has 0 aromatic heterocycles. The molecule has 1 saturated heterocycles. The van der Waals surface area contributed by atoms with Crippen LogP contribution in [0.25, 0.3) is 6.08 Å². The molecule has 0 saturated carbocycles. The van der Waals surface area contributed by atoms with Crippen LogP contribution in [0.3, 0.4) is 0 Å². The van der Waals surface area contributed by atoms with Crippen LogP contribution < -0.4 is 4.74 Å². The first-order chi connectivity index (χ1) is 16.9. The van der Waals surface area contributed by atoms with E-state index in [4.69, 9.17) is 9.84 Å². The highest BCUT2D eigenvalue weighted by Gasteiger charge is 2.35. The first-order valence-electron chi connectivity index (χ1n) is 10.3. The average molecular weight is 596 g/mol. The number of hydrogen-bond acceptors (Lipinski definition) is 6. The van der Waals surface area contributed by atoms with Gasteiger partial charge in [-0.3, -0.25) is 14.5 Å². The maximum absolute atomic E-state index is 12.9. The molecule has 1 fully saturated rings. The van der Waals surface area contributed by atoms with Crippen LogP contribution in [0.2, 0.25) is 0 Å². The molecule has 174 valence electrons. The second kappa shape index (κ2) is 10.8. The molecule has 1 heterocycles. The lowest BCUT2D eigenvalue weighted by Crippen LogP contribution is -2.27. The first kappa shape index (κ1) is 24.5. The van der Waals surface area contributed by atoms with Gasteiger partial charge in [-0.15, -0.1) is 0 Å². The molecule has 0 unspecified atom stereocenters. The van der Waals surface area contributed by atoms with Crippen molar-refractivity contribution in [3.63, 3.8) is 0 Å². The predicted octanol–water partition coefficient (Wildman–Crippen LogP) is 5.68. The number of hydrogen-bond donors (Lipinski definition) is 1. The maximum atomic E-state index is 12.9. The van der Waals surface area contributed by atoms with Crippen LogP contribution in [0.5, 0.6) is 5.75 Å². The Morgan fingerprint density at radius 1 is 1.11 bits per heavy atom. The monoisotopic (exact) mass is 596 g/mol. The standard InChI is InChI=1S/C26H17IN2O5S/c27-21-11-17(7-10-22(21)34-15-16-5-8-18(9-6-16)25(31)32)12-23-24(30)29(26(33)35-23)14-20-4-2-1-3-19(20)13-28/h1-12H,14-15H2,(H,31,32)/b23-12+. The van der Waals surface area contributed by atoms with E-state index in [1.807, 2.05) is 6.07 Å². The van der Waals surface area contributed by atoms with Gasteiger partial charge in [0.15, 0.2) is 0 Å². The normalized spacial score (nSPS) is 14.3. The van der Waals surface area contributed by atoms with Gasteiger partial charge in [0.05, 0.1) is 32.2 Å². The topological polar surface area (TPSA) is 108 Å². The third kappa shape index (κ3) is 5.72. The lowest BCUT2D eigenvalue weighted by Gasteiger charge is -2.13. The van der Waals surface area contributed by atoms with Gasteiger partial charge in [0.25, 0.3) is 11.1 Å². The fourth-order valence-electron chi connectivity index (χ4n) is 3.35. The number of aromatic carboxylic acids is 1. The zero-order chi connectivity index (χ0) is 24.9. The molecule has 3 aromatic rings. The fraction of sp³-hybridized carbons (Fsp3) is 0.0769. The van der Waals surface area contributed by atoms with Crippen molar-refractivity contribution in [3.8, 4) is 11.8 Å². The molecule has 3 aromatic carbocycles. The van der Waals surface area contributed by atoms with E-state index in [9.17, 15) is 19.6 Å².